The number of benzene rings is 1. The molecule has 2 aliphatic heterocycles. The van der Waals surface area contributed by atoms with Crippen LogP contribution in [0.2, 0.25) is 0 Å². The Morgan fingerprint density at radius 2 is 1.33 bits per heavy atom. The summed E-state index contributed by atoms with van der Waals surface area (Å²) in [5.41, 5.74) is 0.780. The first kappa shape index (κ1) is 44.1. The fourth-order valence-corrected chi connectivity index (χ4v) is 8.53. The van der Waals surface area contributed by atoms with Crippen molar-refractivity contribution in [1.29, 1.82) is 0 Å². The number of hydrogen-bond donors (Lipinski definition) is 6. The normalized spacial score (nSPS) is 21.3. The molecular weight excluding hydrogens is 783 g/mol. The molecule has 0 saturated carbocycles. The molecule has 4 heterocycles. The number of aliphatic carboxylic acids is 4. The van der Waals surface area contributed by atoms with E-state index in [2.05, 4.69) is 10.3 Å². The van der Waals surface area contributed by atoms with Crippen LogP contribution in [0, 0.1) is 6.92 Å². The van der Waals surface area contributed by atoms with Crippen molar-refractivity contribution in [2.24, 2.45) is 0 Å². The first-order valence-electron chi connectivity index (χ1n) is 18.7. The number of aliphatic hydroxyl groups excluding tert-OH is 2. The van der Waals surface area contributed by atoms with Crippen LogP contribution < -0.4 is 11.2 Å². The van der Waals surface area contributed by atoms with Crippen LogP contribution in [0.3, 0.4) is 0 Å². The highest BCUT2D eigenvalue weighted by atomic mass is 32.2. The molecule has 0 amide bonds. The van der Waals surface area contributed by atoms with Crippen molar-refractivity contribution in [2.45, 2.75) is 49.2 Å². The third kappa shape index (κ3) is 11.6. The van der Waals surface area contributed by atoms with Crippen LogP contribution in [0.15, 0.2) is 46.2 Å². The molecule has 0 radical (unpaired) electrons. The summed E-state index contributed by atoms with van der Waals surface area (Å²) in [6.07, 6.45) is 2.55. The van der Waals surface area contributed by atoms with E-state index in [0.29, 0.717) is 22.4 Å². The first-order chi connectivity index (χ1) is 27.6. The molecule has 2 aliphatic rings. The summed E-state index contributed by atoms with van der Waals surface area (Å²) in [6, 6.07) is 5.43. The minimum Gasteiger partial charge on any atom is -0.480 e. The average Bonchev–Trinajstić information content (AvgIpc) is 3.79. The Labute approximate surface area is 336 Å². The number of rotatable bonds is 15. The van der Waals surface area contributed by atoms with Gasteiger partial charge in [-0.05, 0) is 12.5 Å². The summed E-state index contributed by atoms with van der Waals surface area (Å²) >= 11 is 1.27. The second-order valence-electron chi connectivity index (χ2n) is 14.3. The molecule has 21 nitrogen and oxygen atoms in total. The topological polar surface area (TPSA) is 277 Å². The van der Waals surface area contributed by atoms with E-state index in [0.717, 1.165) is 4.57 Å². The van der Waals surface area contributed by atoms with Crippen LogP contribution in [-0.2, 0) is 32.3 Å². The number of aliphatic hydroxyl groups is 2. The lowest BCUT2D eigenvalue weighted by molar-refractivity contribution is -0.145. The molecule has 1 aromatic carbocycles. The standard InChI is InChI=1S/C36H49N9O12S/c1-23-17-45(29-16-27(47)28(22-46)58-29)36(57)44(34(23)54)15-14-43-18-26(37-38-43)24-2-4-25(5-3-24)33(35(55)56)42-12-10-40(20-31(50)51)8-6-39(19-30(48)49)7-9-41(11-13-42)21-32(52)53/h2-5,17-18,27-29,33,46-47H,6-16,19-22H2,1H3,(H,48,49)(H,50,51)(H,52,53)(H,55,56). The summed E-state index contributed by atoms with van der Waals surface area (Å²) in [5, 5.41) is 66.3. The maximum absolute atomic E-state index is 13.4. The number of nitrogens with zero attached hydrogens (tertiary/aromatic N) is 9. The smallest absolute Gasteiger partial charge is 0.332 e. The van der Waals surface area contributed by atoms with Crippen molar-refractivity contribution in [2.75, 3.05) is 78.6 Å². The molecule has 3 aromatic rings. The number of aryl methyl sites for hydroxylation is 2. The van der Waals surface area contributed by atoms with Crippen molar-refractivity contribution in [3.8, 4) is 11.3 Å². The fraction of sp³-hybridized carbons (Fsp3) is 0.556. The average molecular weight is 832 g/mol. The maximum atomic E-state index is 13.4. The van der Waals surface area contributed by atoms with Crippen LogP contribution in [-0.4, -0.2) is 188 Å². The SMILES string of the molecule is Cc1cn(C2CC(O)C(CO)S2)c(=O)n(CCn2cc(-c3ccc(C(C(=O)O)N4CCN(CC(=O)O)CCN(CC(=O)O)CCN(CC(=O)O)CC4)cc3)nn2)c1=O. The summed E-state index contributed by atoms with van der Waals surface area (Å²) in [5.74, 6) is -4.43. The predicted molar refractivity (Wildman–Crippen MR) is 207 cm³/mol. The highest BCUT2D eigenvalue weighted by molar-refractivity contribution is 8.00. The minimum atomic E-state index is -1.19. The van der Waals surface area contributed by atoms with Gasteiger partial charge in [0.05, 0.1) is 62.3 Å². The van der Waals surface area contributed by atoms with Gasteiger partial charge in [-0.3, -0.25) is 57.4 Å². The molecule has 4 atom stereocenters. The molecular formula is C36H49N9O12S. The van der Waals surface area contributed by atoms with E-state index in [1.807, 2.05) is 0 Å². The van der Waals surface area contributed by atoms with Crippen molar-refractivity contribution in [1.82, 2.24) is 43.7 Å². The lowest BCUT2D eigenvalue weighted by atomic mass is 10.0. The quantitative estimate of drug-likeness (QED) is 0.0989. The van der Waals surface area contributed by atoms with Gasteiger partial charge in [0.25, 0.3) is 5.56 Å². The van der Waals surface area contributed by atoms with Crippen molar-refractivity contribution >= 4 is 35.6 Å². The van der Waals surface area contributed by atoms with E-state index in [9.17, 15) is 59.4 Å². The molecule has 0 aliphatic carbocycles. The Bertz CT molecular complexity index is 2010. The molecule has 58 heavy (non-hydrogen) atoms. The molecule has 22 heteroatoms. The van der Waals surface area contributed by atoms with Gasteiger partial charge in [0.15, 0.2) is 0 Å². The Balaban J connectivity index is 1.32. The molecule has 0 spiro atoms. The number of carboxylic acids is 4. The Morgan fingerprint density at radius 3 is 1.81 bits per heavy atom. The molecule has 5 rings (SSSR count). The van der Waals surface area contributed by atoms with Gasteiger partial charge in [-0.15, -0.1) is 16.9 Å². The van der Waals surface area contributed by atoms with E-state index in [1.54, 1.807) is 57.0 Å². The third-order valence-corrected chi connectivity index (χ3v) is 11.8. The number of hydrogen-bond acceptors (Lipinski definition) is 15. The van der Waals surface area contributed by atoms with Crippen LogP contribution in [0.25, 0.3) is 11.3 Å². The molecule has 6 N–H and O–H groups in total. The molecule has 2 saturated heterocycles. The molecule has 2 fully saturated rings. The number of carbonyl (C=O) groups is 4. The Hall–Kier alpha value is -4.97. The highest BCUT2D eigenvalue weighted by Crippen LogP contribution is 2.40. The van der Waals surface area contributed by atoms with Gasteiger partial charge in [-0.1, -0.05) is 29.5 Å². The van der Waals surface area contributed by atoms with E-state index in [1.165, 1.54) is 27.2 Å². The van der Waals surface area contributed by atoms with Gasteiger partial charge in [0, 0.05) is 76.1 Å². The van der Waals surface area contributed by atoms with Crippen LogP contribution >= 0.6 is 11.8 Å². The third-order valence-electron chi connectivity index (χ3n) is 10.2. The number of aromatic nitrogens is 5. The minimum absolute atomic E-state index is 0.0189. The first-order valence-corrected chi connectivity index (χ1v) is 19.6. The lowest BCUT2D eigenvalue weighted by Gasteiger charge is -2.35. The Kier molecular flexibility index (Phi) is 15.3. The van der Waals surface area contributed by atoms with Crippen molar-refractivity contribution < 1.29 is 49.8 Å². The van der Waals surface area contributed by atoms with Gasteiger partial charge >= 0.3 is 29.6 Å². The van der Waals surface area contributed by atoms with Gasteiger partial charge in [-0.25, -0.2) is 4.79 Å². The highest BCUT2D eigenvalue weighted by Gasteiger charge is 2.35. The molecule has 2 aromatic heterocycles. The fourth-order valence-electron chi connectivity index (χ4n) is 7.16. The van der Waals surface area contributed by atoms with Crippen molar-refractivity contribution in [3.05, 3.63) is 68.6 Å². The summed E-state index contributed by atoms with van der Waals surface area (Å²) < 4.78 is 3.98. The summed E-state index contributed by atoms with van der Waals surface area (Å²) in [7, 11) is 0. The second-order valence-corrected chi connectivity index (χ2v) is 15.8. The number of carboxylic acid groups (broad SMARTS) is 4. The van der Waals surface area contributed by atoms with Crippen LogP contribution in [0.1, 0.15) is 29.0 Å². The van der Waals surface area contributed by atoms with Gasteiger partial charge in [-0.2, -0.15) is 0 Å². The van der Waals surface area contributed by atoms with Crippen LogP contribution in [0.5, 0.6) is 0 Å². The monoisotopic (exact) mass is 831 g/mol. The predicted octanol–water partition coefficient (Wildman–Crippen LogP) is -1.76. The van der Waals surface area contributed by atoms with Gasteiger partial charge < -0.3 is 30.6 Å². The van der Waals surface area contributed by atoms with E-state index in [-0.39, 0.29) is 98.1 Å². The Morgan fingerprint density at radius 1 is 0.793 bits per heavy atom. The van der Waals surface area contributed by atoms with E-state index >= 15 is 0 Å². The van der Waals surface area contributed by atoms with Gasteiger partial charge in [0.2, 0.25) is 0 Å². The molecule has 316 valence electrons. The molecule has 4 unspecified atom stereocenters. The maximum Gasteiger partial charge on any atom is 0.332 e. The lowest BCUT2D eigenvalue weighted by Crippen LogP contribution is -2.49. The number of thioether (sulfide) groups is 1. The van der Waals surface area contributed by atoms with Gasteiger partial charge in [0.1, 0.15) is 11.7 Å². The summed E-state index contributed by atoms with van der Waals surface area (Å²) in [4.78, 5) is 80.7. The largest absolute Gasteiger partial charge is 0.480 e. The van der Waals surface area contributed by atoms with E-state index < -0.39 is 57.9 Å². The zero-order valence-corrected chi connectivity index (χ0v) is 32.8. The zero-order valence-electron chi connectivity index (χ0n) is 31.9. The second kappa shape index (κ2) is 20.1. The summed E-state index contributed by atoms with van der Waals surface area (Å²) in [6.45, 7) is 1.77. The molecule has 0 bridgehead atoms. The van der Waals surface area contributed by atoms with Crippen LogP contribution in [0.4, 0.5) is 0 Å². The van der Waals surface area contributed by atoms with E-state index in [4.69, 9.17) is 0 Å². The zero-order chi connectivity index (χ0) is 42.1. The van der Waals surface area contributed by atoms with Crippen molar-refractivity contribution in [3.63, 3.8) is 0 Å².